The number of carbonyl (C=O) groups is 1. The number of pyridine rings is 1. The van der Waals surface area contributed by atoms with Gasteiger partial charge in [0, 0.05) is 25.4 Å². The Morgan fingerprint density at radius 1 is 1.26 bits per heavy atom. The van der Waals surface area contributed by atoms with Crippen molar-refractivity contribution in [3.05, 3.63) is 54.2 Å². The Balaban J connectivity index is 1.55. The highest BCUT2D eigenvalue weighted by molar-refractivity contribution is 7.96. The predicted molar refractivity (Wildman–Crippen MR) is 102 cm³/mol. The van der Waals surface area contributed by atoms with Crippen molar-refractivity contribution < 1.29 is 13.6 Å². The van der Waals surface area contributed by atoms with E-state index in [-0.39, 0.29) is 17.3 Å². The molecule has 0 radical (unpaired) electrons. The number of amides is 1. The van der Waals surface area contributed by atoms with Crippen LogP contribution >= 0.6 is 0 Å². The van der Waals surface area contributed by atoms with Crippen LogP contribution in [0.25, 0.3) is 0 Å². The second-order valence-electron chi connectivity index (χ2n) is 7.16. The summed E-state index contributed by atoms with van der Waals surface area (Å²) in [6, 6.07) is 12.8. The van der Waals surface area contributed by atoms with Gasteiger partial charge in [-0.3, -0.25) is 4.79 Å². The second kappa shape index (κ2) is 7.03. The van der Waals surface area contributed by atoms with Gasteiger partial charge < -0.3 is 14.8 Å². The topological polar surface area (TPSA) is 97.4 Å². The summed E-state index contributed by atoms with van der Waals surface area (Å²) in [5.74, 6) is 0.398. The summed E-state index contributed by atoms with van der Waals surface area (Å²) in [4.78, 5) is 19.0. The molecule has 1 aromatic carbocycles. The maximum absolute atomic E-state index is 12.8. The number of anilines is 1. The van der Waals surface area contributed by atoms with Crippen molar-refractivity contribution >= 4 is 22.1 Å². The summed E-state index contributed by atoms with van der Waals surface area (Å²) in [6.07, 6.45) is 3.48. The third-order valence-corrected chi connectivity index (χ3v) is 6.60. The van der Waals surface area contributed by atoms with Crippen LogP contribution in [0.3, 0.4) is 0 Å². The molecule has 8 heteroatoms. The maximum atomic E-state index is 12.8. The number of carbonyl (C=O) groups excluding carboxylic acids is 1. The summed E-state index contributed by atoms with van der Waals surface area (Å²) >= 11 is 0. The minimum Gasteiger partial charge on any atom is -0.593 e. The Bertz CT molecular complexity index is 892. The number of hydrogen-bond acceptors (Lipinski definition) is 5. The zero-order chi connectivity index (χ0) is 18.9. The van der Waals surface area contributed by atoms with Crippen LogP contribution in [-0.2, 0) is 25.8 Å². The van der Waals surface area contributed by atoms with Crippen molar-refractivity contribution in [2.24, 2.45) is 0 Å². The molecule has 1 saturated heterocycles. The lowest BCUT2D eigenvalue weighted by molar-refractivity contribution is -0.132. The van der Waals surface area contributed by atoms with Crippen molar-refractivity contribution in [2.75, 3.05) is 25.0 Å². The molecule has 2 aliphatic rings. The lowest BCUT2D eigenvalue weighted by atomic mass is 9.88. The number of fused-ring (bicyclic) bond motifs is 1. The largest absolute Gasteiger partial charge is 0.593 e. The second-order valence-corrected chi connectivity index (χ2v) is 8.90. The first-order valence-electron chi connectivity index (χ1n) is 9.02. The average molecular weight is 386 g/mol. The van der Waals surface area contributed by atoms with E-state index in [1.165, 1.54) is 6.07 Å². The zero-order valence-corrected chi connectivity index (χ0v) is 15.7. The number of aromatic nitrogens is 1. The number of benzene rings is 1. The number of sulfonamides is 1. The fourth-order valence-electron chi connectivity index (χ4n) is 3.78. The summed E-state index contributed by atoms with van der Waals surface area (Å²) in [6.45, 7) is 1.34. The standard InChI is InChI=1S/C19H22N4O3S/c24-17(12-15-6-2-1-3-7-15)23-11-5-9-19(14-23)13-21-27(25,26)16-8-4-10-20-18(16)22-19/h1-4,6-8,10H,5,9,11-14H2,(H2-,20,21,22,25,26). The number of nitrogens with zero attached hydrogens (tertiary/aromatic N) is 2. The van der Waals surface area contributed by atoms with Crippen molar-refractivity contribution in [3.63, 3.8) is 0 Å². The normalized spacial score (nSPS) is 27.5. The van der Waals surface area contributed by atoms with E-state index in [4.69, 9.17) is 0 Å². The van der Waals surface area contributed by atoms with Gasteiger partial charge in [0.05, 0.1) is 18.5 Å². The van der Waals surface area contributed by atoms with Crippen LogP contribution in [0.4, 0.5) is 5.82 Å². The van der Waals surface area contributed by atoms with Gasteiger partial charge in [0.1, 0.15) is 0 Å². The quantitative estimate of drug-likeness (QED) is 0.764. The van der Waals surface area contributed by atoms with E-state index in [0.717, 1.165) is 18.4 Å². The van der Waals surface area contributed by atoms with Crippen LogP contribution in [0.15, 0.2) is 53.6 Å². The number of hydrogen-bond donors (Lipinski definition) is 2. The van der Waals surface area contributed by atoms with Crippen molar-refractivity contribution in [2.45, 2.75) is 29.7 Å². The van der Waals surface area contributed by atoms with Crippen LogP contribution in [0.1, 0.15) is 18.4 Å². The lowest BCUT2D eigenvalue weighted by Crippen LogP contribution is -2.59. The van der Waals surface area contributed by atoms with E-state index in [9.17, 15) is 13.6 Å². The lowest BCUT2D eigenvalue weighted by Gasteiger charge is -2.42. The highest BCUT2D eigenvalue weighted by Gasteiger charge is 2.43. The molecular formula is C19H22N4O3S. The van der Waals surface area contributed by atoms with Crippen LogP contribution in [-0.4, -0.2) is 45.5 Å². The van der Waals surface area contributed by atoms with Gasteiger partial charge in [-0.25, -0.2) is 4.98 Å². The highest BCUT2D eigenvalue weighted by atomic mass is 32.3. The first-order valence-corrected chi connectivity index (χ1v) is 10.5. The molecule has 0 bridgehead atoms. The molecule has 3 heterocycles. The van der Waals surface area contributed by atoms with E-state index >= 15 is 0 Å². The molecule has 1 spiro atoms. The fourth-order valence-corrected chi connectivity index (χ4v) is 5.02. The Morgan fingerprint density at radius 2 is 2.07 bits per heavy atom. The predicted octanol–water partition coefficient (Wildman–Crippen LogP) is 1.60. The SMILES string of the molecule is O=C(Cc1ccccc1)N1CCCC2(CN[S+](=O)([O-])c3cccnc3N2)C1. The Labute approximate surface area is 159 Å². The first-order chi connectivity index (χ1) is 13.0. The number of likely N-dealkylation sites (tertiary alicyclic amines) is 1. The Morgan fingerprint density at radius 3 is 2.89 bits per heavy atom. The van der Waals surface area contributed by atoms with Gasteiger partial charge in [-0.15, -0.1) is 4.72 Å². The van der Waals surface area contributed by atoms with Crippen LogP contribution < -0.4 is 10.0 Å². The van der Waals surface area contributed by atoms with Gasteiger partial charge in [-0.2, -0.15) is 0 Å². The summed E-state index contributed by atoms with van der Waals surface area (Å²) < 4.78 is 27.7. The van der Waals surface area contributed by atoms with E-state index < -0.39 is 15.9 Å². The molecule has 142 valence electrons. The van der Waals surface area contributed by atoms with E-state index in [1.807, 2.05) is 35.2 Å². The molecule has 2 N–H and O–H groups in total. The highest BCUT2D eigenvalue weighted by Crippen LogP contribution is 2.32. The van der Waals surface area contributed by atoms with Crippen LogP contribution in [0.2, 0.25) is 0 Å². The monoisotopic (exact) mass is 386 g/mol. The number of nitrogens with one attached hydrogen (secondary N) is 2. The molecule has 1 aromatic heterocycles. The molecule has 7 nitrogen and oxygen atoms in total. The molecule has 0 aliphatic carbocycles. The van der Waals surface area contributed by atoms with Gasteiger partial charge in [0.15, 0.2) is 16.2 Å². The molecule has 1 amide bonds. The number of rotatable bonds is 2. The van der Waals surface area contributed by atoms with Crippen molar-refractivity contribution in [1.82, 2.24) is 14.6 Å². The average Bonchev–Trinajstić information content (AvgIpc) is 2.78. The Kier molecular flexibility index (Phi) is 4.71. The molecule has 0 saturated carbocycles. The van der Waals surface area contributed by atoms with Gasteiger partial charge in [0.2, 0.25) is 10.8 Å². The minimum atomic E-state index is -3.62. The fraction of sp³-hybridized carbons (Fsp3) is 0.368. The molecule has 2 aromatic rings. The van der Waals surface area contributed by atoms with E-state index in [2.05, 4.69) is 15.0 Å². The van der Waals surface area contributed by atoms with Crippen LogP contribution in [0.5, 0.6) is 0 Å². The zero-order valence-electron chi connectivity index (χ0n) is 14.9. The third-order valence-electron chi connectivity index (χ3n) is 5.17. The summed E-state index contributed by atoms with van der Waals surface area (Å²) in [7, 11) is -3.62. The van der Waals surface area contributed by atoms with Gasteiger partial charge in [-0.05, 0) is 24.5 Å². The van der Waals surface area contributed by atoms with Gasteiger partial charge in [-0.1, -0.05) is 34.5 Å². The molecule has 27 heavy (non-hydrogen) atoms. The van der Waals surface area contributed by atoms with Crippen molar-refractivity contribution in [3.8, 4) is 0 Å². The van der Waals surface area contributed by atoms with E-state index in [0.29, 0.717) is 25.3 Å². The van der Waals surface area contributed by atoms with Crippen molar-refractivity contribution in [1.29, 1.82) is 0 Å². The minimum absolute atomic E-state index is 0.0513. The molecule has 2 aliphatic heterocycles. The summed E-state index contributed by atoms with van der Waals surface area (Å²) in [5.41, 5.74) is 0.417. The molecule has 4 rings (SSSR count). The van der Waals surface area contributed by atoms with Gasteiger partial charge in [0.25, 0.3) is 0 Å². The van der Waals surface area contributed by atoms with Crippen LogP contribution in [0, 0.1) is 0 Å². The summed E-state index contributed by atoms with van der Waals surface area (Å²) in [5, 5.41) is 3.33. The first kappa shape index (κ1) is 18.1. The van der Waals surface area contributed by atoms with Gasteiger partial charge >= 0.3 is 0 Å². The maximum Gasteiger partial charge on any atom is 0.227 e. The molecule has 1 fully saturated rings. The number of piperidine rings is 1. The molecule has 2 unspecified atom stereocenters. The Hall–Kier alpha value is -2.29. The molecular weight excluding hydrogens is 364 g/mol. The third kappa shape index (κ3) is 3.73. The smallest absolute Gasteiger partial charge is 0.227 e. The van der Waals surface area contributed by atoms with E-state index in [1.54, 1.807) is 12.3 Å². The molecule has 2 atom stereocenters.